The Morgan fingerprint density at radius 1 is 1.14 bits per heavy atom. The van der Waals surface area contributed by atoms with Crippen LogP contribution in [0.3, 0.4) is 0 Å². The van der Waals surface area contributed by atoms with Gasteiger partial charge < -0.3 is 10.5 Å². The molecule has 2 aliphatic carbocycles. The average molecular weight is 332 g/mol. The van der Waals surface area contributed by atoms with Gasteiger partial charge in [0.2, 0.25) is 10.0 Å². The van der Waals surface area contributed by atoms with Gasteiger partial charge in [0.05, 0.1) is 18.3 Å². The second-order valence-electron chi connectivity index (χ2n) is 6.50. The molecule has 7 heteroatoms. The molecule has 2 rings (SSSR count). The highest BCUT2D eigenvalue weighted by atomic mass is 32.2. The maximum Gasteiger partial charge on any atom is 0.310 e. The van der Waals surface area contributed by atoms with Gasteiger partial charge in [0.15, 0.2) is 0 Å². The van der Waals surface area contributed by atoms with E-state index in [0.29, 0.717) is 19.4 Å². The van der Waals surface area contributed by atoms with E-state index >= 15 is 0 Å². The number of methoxy groups -OCH3 is 1. The topological polar surface area (TPSA) is 98.5 Å². The van der Waals surface area contributed by atoms with Gasteiger partial charge in [0.1, 0.15) is 0 Å². The Morgan fingerprint density at radius 2 is 1.77 bits per heavy atom. The lowest BCUT2D eigenvalue weighted by atomic mass is 9.85. The molecule has 0 radical (unpaired) electrons. The third-order valence-corrected chi connectivity index (χ3v) is 7.13. The summed E-state index contributed by atoms with van der Waals surface area (Å²) in [6.07, 6.45) is 6.75. The van der Waals surface area contributed by atoms with Gasteiger partial charge in [-0.1, -0.05) is 25.7 Å². The Labute approximate surface area is 133 Å². The van der Waals surface area contributed by atoms with Crippen molar-refractivity contribution in [3.8, 4) is 0 Å². The summed E-state index contributed by atoms with van der Waals surface area (Å²) in [6, 6.07) is -0.0935. The Kier molecular flexibility index (Phi) is 6.23. The zero-order valence-corrected chi connectivity index (χ0v) is 14.1. The number of carbonyl (C=O) groups excluding carboxylic acids is 1. The number of sulfonamides is 1. The van der Waals surface area contributed by atoms with Crippen molar-refractivity contribution in [2.45, 2.75) is 62.7 Å². The van der Waals surface area contributed by atoms with Crippen molar-refractivity contribution in [3.05, 3.63) is 0 Å². The molecule has 0 spiro atoms. The second kappa shape index (κ2) is 7.75. The molecule has 2 saturated carbocycles. The van der Waals surface area contributed by atoms with Crippen LogP contribution in [0, 0.1) is 11.8 Å². The number of nitrogens with one attached hydrogen (secondary N) is 1. The van der Waals surface area contributed by atoms with E-state index in [9.17, 15) is 13.2 Å². The van der Waals surface area contributed by atoms with E-state index in [1.165, 1.54) is 7.11 Å². The minimum absolute atomic E-state index is 0.0935. The molecule has 2 fully saturated rings. The summed E-state index contributed by atoms with van der Waals surface area (Å²) >= 11 is 0. The molecule has 0 amide bonds. The third kappa shape index (κ3) is 4.00. The molecular weight excluding hydrogens is 304 g/mol. The molecule has 22 heavy (non-hydrogen) atoms. The van der Waals surface area contributed by atoms with E-state index in [1.807, 2.05) is 0 Å². The average Bonchev–Trinajstić information content (AvgIpc) is 2.54. The molecule has 2 aliphatic rings. The predicted molar refractivity (Wildman–Crippen MR) is 84.6 cm³/mol. The van der Waals surface area contributed by atoms with Crippen LogP contribution in [0.25, 0.3) is 0 Å². The van der Waals surface area contributed by atoms with E-state index in [4.69, 9.17) is 10.5 Å². The molecule has 4 atom stereocenters. The molecule has 0 bridgehead atoms. The van der Waals surface area contributed by atoms with Crippen molar-refractivity contribution >= 4 is 16.0 Å². The van der Waals surface area contributed by atoms with Crippen LogP contribution < -0.4 is 10.5 Å². The highest BCUT2D eigenvalue weighted by molar-refractivity contribution is 7.90. The zero-order chi connectivity index (χ0) is 16.2. The molecule has 0 saturated heterocycles. The van der Waals surface area contributed by atoms with Crippen molar-refractivity contribution in [2.75, 3.05) is 13.7 Å². The SMILES string of the molecule is COC(=O)C1CCCCC1S(=O)(=O)NC1CCCCC1CN. The molecule has 0 aromatic rings. The first-order valence-corrected chi connectivity index (χ1v) is 9.83. The first-order valence-electron chi connectivity index (χ1n) is 8.28. The van der Waals surface area contributed by atoms with Gasteiger partial charge in [-0.2, -0.15) is 0 Å². The monoisotopic (exact) mass is 332 g/mol. The summed E-state index contributed by atoms with van der Waals surface area (Å²) in [4.78, 5) is 11.9. The Balaban J connectivity index is 2.11. The number of rotatable bonds is 5. The minimum atomic E-state index is -3.54. The summed E-state index contributed by atoms with van der Waals surface area (Å²) in [5.41, 5.74) is 5.78. The second-order valence-corrected chi connectivity index (χ2v) is 8.43. The Morgan fingerprint density at radius 3 is 2.45 bits per heavy atom. The Hall–Kier alpha value is -0.660. The summed E-state index contributed by atoms with van der Waals surface area (Å²) < 4.78 is 33.2. The number of ether oxygens (including phenoxy) is 1. The normalized spacial score (nSPS) is 33.4. The van der Waals surface area contributed by atoms with Crippen LogP contribution in [0.15, 0.2) is 0 Å². The summed E-state index contributed by atoms with van der Waals surface area (Å²) in [6.45, 7) is 0.498. The van der Waals surface area contributed by atoms with Crippen LogP contribution in [-0.2, 0) is 19.6 Å². The lowest BCUT2D eigenvalue weighted by Gasteiger charge is -2.35. The number of nitrogens with two attached hydrogens (primary N) is 1. The largest absolute Gasteiger partial charge is 0.469 e. The quantitative estimate of drug-likeness (QED) is 0.736. The molecule has 0 aromatic heterocycles. The third-order valence-electron chi connectivity index (χ3n) is 5.13. The van der Waals surface area contributed by atoms with Crippen LogP contribution >= 0.6 is 0 Å². The van der Waals surface area contributed by atoms with Crippen LogP contribution in [0.4, 0.5) is 0 Å². The maximum absolute atomic E-state index is 12.8. The Bertz CT molecular complexity index is 480. The van der Waals surface area contributed by atoms with Crippen LogP contribution in [0.1, 0.15) is 51.4 Å². The lowest BCUT2D eigenvalue weighted by Crippen LogP contribution is -2.51. The number of esters is 1. The van der Waals surface area contributed by atoms with Crippen molar-refractivity contribution in [1.29, 1.82) is 0 Å². The maximum atomic E-state index is 12.8. The summed E-state index contributed by atoms with van der Waals surface area (Å²) in [5, 5.41) is -0.672. The minimum Gasteiger partial charge on any atom is -0.469 e. The van der Waals surface area contributed by atoms with Gasteiger partial charge in [-0.3, -0.25) is 4.79 Å². The first kappa shape index (κ1) is 17.7. The summed E-state index contributed by atoms with van der Waals surface area (Å²) in [7, 11) is -2.22. The van der Waals surface area contributed by atoms with E-state index in [2.05, 4.69) is 4.72 Å². The molecular formula is C15H28N2O4S. The molecule has 128 valence electrons. The van der Waals surface area contributed by atoms with Gasteiger partial charge in [-0.25, -0.2) is 13.1 Å². The van der Waals surface area contributed by atoms with Crippen molar-refractivity contribution in [1.82, 2.24) is 4.72 Å². The van der Waals surface area contributed by atoms with Crippen LogP contribution in [-0.4, -0.2) is 39.3 Å². The summed E-state index contributed by atoms with van der Waals surface area (Å²) in [5.74, 6) is -0.756. The molecule has 3 N–H and O–H groups in total. The molecule has 0 heterocycles. The highest BCUT2D eigenvalue weighted by Crippen LogP contribution is 2.32. The fourth-order valence-electron chi connectivity index (χ4n) is 3.83. The fourth-order valence-corrected chi connectivity index (χ4v) is 5.90. The van der Waals surface area contributed by atoms with E-state index in [-0.39, 0.29) is 12.0 Å². The fraction of sp³-hybridized carbons (Fsp3) is 0.933. The first-order chi connectivity index (χ1) is 10.5. The smallest absolute Gasteiger partial charge is 0.310 e. The molecule has 0 aliphatic heterocycles. The van der Waals surface area contributed by atoms with Gasteiger partial charge in [-0.15, -0.1) is 0 Å². The zero-order valence-electron chi connectivity index (χ0n) is 13.3. The van der Waals surface area contributed by atoms with Gasteiger partial charge >= 0.3 is 5.97 Å². The predicted octanol–water partition coefficient (Wildman–Crippen LogP) is 1.16. The van der Waals surface area contributed by atoms with E-state index in [1.54, 1.807) is 0 Å². The number of hydrogen-bond acceptors (Lipinski definition) is 5. The van der Waals surface area contributed by atoms with E-state index in [0.717, 1.165) is 38.5 Å². The van der Waals surface area contributed by atoms with Crippen LogP contribution in [0.5, 0.6) is 0 Å². The van der Waals surface area contributed by atoms with Gasteiger partial charge in [-0.05, 0) is 38.1 Å². The van der Waals surface area contributed by atoms with Crippen LogP contribution in [0.2, 0.25) is 0 Å². The number of carbonyl (C=O) groups is 1. The van der Waals surface area contributed by atoms with Gasteiger partial charge in [0, 0.05) is 6.04 Å². The van der Waals surface area contributed by atoms with Crippen molar-refractivity contribution < 1.29 is 17.9 Å². The standard InChI is InChI=1S/C15H28N2O4S/c1-21-15(18)12-7-3-5-9-14(12)22(19,20)17-13-8-4-2-6-11(13)10-16/h11-14,17H,2-10,16H2,1H3. The van der Waals surface area contributed by atoms with E-state index < -0.39 is 27.2 Å². The molecule has 0 aromatic carbocycles. The lowest BCUT2D eigenvalue weighted by molar-refractivity contribution is -0.146. The van der Waals surface area contributed by atoms with Crippen molar-refractivity contribution in [2.24, 2.45) is 17.6 Å². The van der Waals surface area contributed by atoms with Crippen molar-refractivity contribution in [3.63, 3.8) is 0 Å². The molecule has 4 unspecified atom stereocenters. The van der Waals surface area contributed by atoms with Gasteiger partial charge in [0.25, 0.3) is 0 Å². The highest BCUT2D eigenvalue weighted by Gasteiger charge is 2.41. The number of hydrogen-bond donors (Lipinski definition) is 2. The molecule has 6 nitrogen and oxygen atoms in total.